The zero-order chi connectivity index (χ0) is 88.1. The summed E-state index contributed by atoms with van der Waals surface area (Å²) in [7, 11) is 4.15. The number of aliphatic hydroxyl groups excluding tert-OH is 4. The number of aliphatic hydroxyl groups is 4. The van der Waals surface area contributed by atoms with E-state index in [2.05, 4.69) is 50.8 Å². The molecule has 650 valence electrons. The van der Waals surface area contributed by atoms with E-state index in [0.29, 0.717) is 110 Å². The smallest absolute Gasteiger partial charge is 0.481 e. The van der Waals surface area contributed by atoms with E-state index in [0.717, 1.165) is 103 Å². The van der Waals surface area contributed by atoms with Crippen molar-refractivity contribution >= 4 is 127 Å². The van der Waals surface area contributed by atoms with E-state index >= 15 is 0 Å². The molecular formula is C95H96BBrClN11O17. The van der Waals surface area contributed by atoms with Gasteiger partial charge in [0.2, 0.25) is 17.6 Å². The van der Waals surface area contributed by atoms with Crippen LogP contribution in [0, 0.1) is 0 Å². The molecule has 0 radical (unpaired) electrons. The van der Waals surface area contributed by atoms with Gasteiger partial charge in [0.05, 0.1) is 135 Å². The summed E-state index contributed by atoms with van der Waals surface area (Å²) < 4.78 is 56.4. The van der Waals surface area contributed by atoms with Crippen LogP contribution in [0.1, 0.15) is 105 Å². The Morgan fingerprint density at radius 1 is 0.397 bits per heavy atom. The van der Waals surface area contributed by atoms with Crippen LogP contribution in [0.25, 0.3) is 86.7 Å². The molecular weight excluding hydrogens is 1690 g/mol. The summed E-state index contributed by atoms with van der Waals surface area (Å²) in [6, 6.07) is 41.0. The molecule has 5 fully saturated rings. The highest BCUT2D eigenvalue weighted by molar-refractivity contribution is 9.10. The average molecular weight is 1790 g/mol. The van der Waals surface area contributed by atoms with Gasteiger partial charge in [0.1, 0.15) is 0 Å². The molecule has 5 aliphatic rings. The minimum atomic E-state index is -0.718. The number of rotatable bonds is 13. The number of benzene rings is 4. The first kappa shape index (κ1) is 88.1. The Hall–Kier alpha value is -11.4. The Labute approximate surface area is 737 Å². The van der Waals surface area contributed by atoms with Crippen molar-refractivity contribution in [2.75, 3.05) is 74.2 Å². The van der Waals surface area contributed by atoms with Crippen LogP contribution in [0.4, 0.5) is 0 Å². The van der Waals surface area contributed by atoms with Gasteiger partial charge in [-0.25, -0.2) is 15.0 Å². The van der Waals surface area contributed by atoms with E-state index in [1.807, 2.05) is 155 Å². The Balaban J connectivity index is 0.000000120. The number of fused-ring (bicyclic) bond motifs is 12. The molecule has 28 nitrogen and oxygen atoms in total. The third-order valence-electron chi connectivity index (χ3n) is 24.4. The molecule has 11 aromatic heterocycles. The number of pyridine rings is 11. The number of methoxy groups -OCH3 is 3. The fourth-order valence-corrected chi connectivity index (χ4v) is 17.7. The molecule has 5 saturated heterocycles. The average Bonchev–Trinajstić information content (AvgIpc) is 1.51. The van der Waals surface area contributed by atoms with Crippen molar-refractivity contribution in [3.63, 3.8) is 0 Å². The maximum atomic E-state index is 13.5. The molecule has 0 spiro atoms. The van der Waals surface area contributed by atoms with Gasteiger partial charge in [0, 0.05) is 182 Å². The normalized spacial score (nSPS) is 20.3. The quantitative estimate of drug-likeness (QED) is 0.0473. The molecule has 0 aliphatic carbocycles. The van der Waals surface area contributed by atoms with E-state index in [4.69, 9.17) is 54.1 Å². The Morgan fingerprint density at radius 3 is 1.03 bits per heavy atom. The monoisotopic (exact) mass is 1790 g/mol. The number of ether oxygens (including phenoxy) is 7. The summed E-state index contributed by atoms with van der Waals surface area (Å²) in [4.78, 5) is 84.1. The zero-order valence-electron chi connectivity index (χ0n) is 70.6. The van der Waals surface area contributed by atoms with Gasteiger partial charge in [0.25, 0.3) is 22.2 Å². The fraction of sp³-hybridized carbons (Fsp3) is 0.337. The largest absolute Gasteiger partial charge is 0.495 e. The van der Waals surface area contributed by atoms with Gasteiger partial charge in [-0.05, 0) is 172 Å². The lowest BCUT2D eigenvalue weighted by Gasteiger charge is -2.32. The molecule has 4 N–H and O–H groups in total. The van der Waals surface area contributed by atoms with E-state index in [1.165, 1.54) is 0 Å². The summed E-state index contributed by atoms with van der Waals surface area (Å²) >= 11 is 9.07. The second kappa shape index (κ2) is 38.5. The number of hydrogen-bond acceptors (Lipinski definition) is 24. The fourth-order valence-electron chi connectivity index (χ4n) is 17.0. The number of nitrogens with zero attached hydrogens (tertiary/aromatic N) is 11. The lowest BCUT2D eigenvalue weighted by atomic mass is 9.75. The van der Waals surface area contributed by atoms with Gasteiger partial charge in [-0.1, -0.05) is 58.4 Å². The molecule has 15 aromatic rings. The molecule has 5 aliphatic heterocycles. The van der Waals surface area contributed by atoms with E-state index in [9.17, 15) is 39.6 Å². The molecule has 20 rings (SSSR count). The summed E-state index contributed by atoms with van der Waals surface area (Å²) in [6.45, 7) is 11.1. The van der Waals surface area contributed by atoms with Crippen molar-refractivity contribution in [3.8, 4) is 17.6 Å². The highest BCUT2D eigenvalue weighted by Gasteiger charge is 2.52. The number of halogens is 2. The van der Waals surface area contributed by atoms with Crippen molar-refractivity contribution in [2.24, 2.45) is 0 Å². The summed E-state index contributed by atoms with van der Waals surface area (Å²) in [5.41, 5.74) is 7.47. The van der Waals surface area contributed by atoms with Crippen molar-refractivity contribution < 1.29 is 62.9 Å². The third-order valence-corrected chi connectivity index (χ3v) is 25.4. The first-order chi connectivity index (χ1) is 61.0. The SMILES string of the molecule is CC1(C)OB(c2cc3c(=O)n([C@H]4CCOC[C@@H]4O)ccc3c3ncccc23)OC1(C)C.COc1ccc(CCl)cn1.COc1ccc(Cc2cc3c(=O)n([C@H]4CCOC[C@@H]4O)ccc3c3ncccc23)cn1.COc1ccc(Cc2cc3c(=O)n([C@H]4CCOC[C@@H]4O)ccc3c3ncccc23)cn1.O=c1c2cc(Br)c3cccnc3c2ccn1[C@H]1CCOC[C@@H]1O. The number of hydrogen-bond donors (Lipinski definition) is 4. The summed E-state index contributed by atoms with van der Waals surface area (Å²) in [5.74, 6) is 2.24. The lowest BCUT2D eigenvalue weighted by Crippen LogP contribution is -2.41. The van der Waals surface area contributed by atoms with Gasteiger partial charge in [-0.15, -0.1) is 11.6 Å². The van der Waals surface area contributed by atoms with Gasteiger partial charge in [-0.2, -0.15) is 0 Å². The van der Waals surface area contributed by atoms with Gasteiger partial charge in [0.15, 0.2) is 0 Å². The van der Waals surface area contributed by atoms with Crippen LogP contribution in [-0.2, 0) is 47.0 Å². The number of alkyl halides is 1. The predicted molar refractivity (Wildman–Crippen MR) is 487 cm³/mol. The predicted octanol–water partition coefficient (Wildman–Crippen LogP) is 12.4. The van der Waals surface area contributed by atoms with Crippen LogP contribution in [0.3, 0.4) is 0 Å². The van der Waals surface area contributed by atoms with Crippen molar-refractivity contribution in [2.45, 2.75) is 132 Å². The van der Waals surface area contributed by atoms with Crippen LogP contribution in [0.2, 0.25) is 0 Å². The molecule has 0 unspecified atom stereocenters. The Bertz CT molecular complexity index is 6510. The second-order valence-electron chi connectivity index (χ2n) is 32.6. The van der Waals surface area contributed by atoms with Crippen LogP contribution in [0.5, 0.6) is 17.6 Å². The zero-order valence-corrected chi connectivity index (χ0v) is 73.0. The highest BCUT2D eigenvalue weighted by atomic mass is 79.9. The highest BCUT2D eigenvalue weighted by Crippen LogP contribution is 2.39. The molecule has 126 heavy (non-hydrogen) atoms. The Kier molecular flexibility index (Phi) is 26.9. The maximum Gasteiger partial charge on any atom is 0.495 e. The first-order valence-corrected chi connectivity index (χ1v) is 43.1. The van der Waals surface area contributed by atoms with E-state index in [-0.39, 0.29) is 72.8 Å². The topological polar surface area (TPSA) is 342 Å². The van der Waals surface area contributed by atoms with E-state index in [1.54, 1.807) is 114 Å². The molecule has 31 heteroatoms. The molecule has 4 aromatic carbocycles. The van der Waals surface area contributed by atoms with Gasteiger partial charge < -0.3 is 81.2 Å². The summed E-state index contributed by atoms with van der Waals surface area (Å²) in [5, 5.41) is 50.7. The minimum absolute atomic E-state index is 0.110. The van der Waals surface area contributed by atoms with Gasteiger partial charge >= 0.3 is 7.12 Å². The second-order valence-corrected chi connectivity index (χ2v) is 33.8. The third kappa shape index (κ3) is 18.2. The molecule has 0 saturated carbocycles. The molecule has 8 atom stereocenters. The van der Waals surface area contributed by atoms with Crippen LogP contribution >= 0.6 is 27.5 Å². The van der Waals surface area contributed by atoms with Crippen LogP contribution in [-0.4, -0.2) is 191 Å². The molecule has 0 amide bonds. The number of aromatic nitrogens is 11. The van der Waals surface area contributed by atoms with E-state index < -0.39 is 42.7 Å². The Morgan fingerprint density at radius 2 is 0.706 bits per heavy atom. The van der Waals surface area contributed by atoms with Crippen molar-refractivity contribution in [1.29, 1.82) is 0 Å². The lowest BCUT2D eigenvalue weighted by molar-refractivity contribution is -0.0392. The molecule has 0 bridgehead atoms. The van der Waals surface area contributed by atoms with Crippen LogP contribution < -0.4 is 41.9 Å². The summed E-state index contributed by atoms with van der Waals surface area (Å²) in [6.07, 6.45) is 20.1. The minimum Gasteiger partial charge on any atom is -0.481 e. The maximum absolute atomic E-state index is 13.5. The van der Waals surface area contributed by atoms with Gasteiger partial charge in [-0.3, -0.25) is 39.1 Å². The standard InChI is InChI=1S/2C24H23N3O4.C23H27BN2O5.C17H15BrN2O3.C7H8ClNO/c2*1-30-22-5-4-15(13-26-22)11-16-12-19-18(23-17(16)3-2-8-25-23)6-9-27(24(19)29)20-7-10-31-14-21(20)28;1-22(2)23(3,4)31-24(30-22)17-12-16-14(20-15(17)6-5-9-25-20)7-10-26(21(16)28)18-8-11-29-13-19(18)27;18-13-8-12-10(16-11(13)2-1-5-19-16)3-6-20(17(12)22)14-4-7-23-9-15(14)21;1-10-7-3-2-6(4-8)5-9-7/h2*2-6,8-9,12-13,20-21,28H,7,10-11,14H2,1H3;5-7,9-10,12,18-19,27H,8,11,13H2,1-4H3;1-3,5-6,8,14-15,21H,4,7,9H2;2-3,5H,4H2,1H3/t2*20-,21-;18-,19-;14-,15-;/m0000./s1. The van der Waals surface area contributed by atoms with Crippen LogP contribution in [0.15, 0.2) is 225 Å². The molecule has 16 heterocycles. The van der Waals surface area contributed by atoms with Crippen molar-refractivity contribution in [3.05, 3.63) is 275 Å². The van der Waals surface area contributed by atoms with Crippen molar-refractivity contribution in [1.82, 2.24) is 53.2 Å². The first-order valence-electron chi connectivity index (χ1n) is 41.8.